The van der Waals surface area contributed by atoms with Crippen molar-refractivity contribution < 1.29 is 17.6 Å². The number of halogens is 1. The van der Waals surface area contributed by atoms with E-state index in [1.807, 2.05) is 0 Å². The molecule has 1 aliphatic rings. The molecule has 23 heavy (non-hydrogen) atoms. The molecule has 0 saturated carbocycles. The average molecular weight is 343 g/mol. The first-order valence-corrected chi connectivity index (χ1v) is 9.48. The highest BCUT2D eigenvalue weighted by Crippen LogP contribution is 2.11. The lowest BCUT2D eigenvalue weighted by molar-refractivity contribution is 0.177. The first-order chi connectivity index (χ1) is 10.8. The Morgan fingerprint density at radius 2 is 2.13 bits per heavy atom. The number of sulfonamides is 1. The van der Waals surface area contributed by atoms with Gasteiger partial charge in [0.25, 0.3) is 0 Å². The minimum absolute atomic E-state index is 0.249. The molecule has 0 aliphatic carbocycles. The van der Waals surface area contributed by atoms with Crippen molar-refractivity contribution in [3.8, 4) is 0 Å². The van der Waals surface area contributed by atoms with Crippen LogP contribution in [0.1, 0.15) is 18.4 Å². The van der Waals surface area contributed by atoms with Crippen LogP contribution in [0.2, 0.25) is 0 Å². The van der Waals surface area contributed by atoms with E-state index in [0.717, 1.165) is 12.7 Å². The van der Waals surface area contributed by atoms with Crippen molar-refractivity contribution in [2.24, 2.45) is 0 Å². The van der Waals surface area contributed by atoms with Gasteiger partial charge in [-0.25, -0.2) is 22.3 Å². The number of hydrogen-bond donors (Lipinski definition) is 2. The fraction of sp³-hybridized carbons (Fsp3) is 0.533. The van der Waals surface area contributed by atoms with Crippen LogP contribution in [0.3, 0.4) is 0 Å². The fourth-order valence-electron chi connectivity index (χ4n) is 2.68. The Morgan fingerprint density at radius 1 is 1.39 bits per heavy atom. The van der Waals surface area contributed by atoms with E-state index in [9.17, 15) is 17.6 Å². The highest BCUT2D eigenvalue weighted by atomic mass is 32.2. The molecule has 2 N–H and O–H groups in total. The maximum Gasteiger partial charge on any atom is 0.317 e. The molecule has 1 aromatic rings. The van der Waals surface area contributed by atoms with Crippen molar-refractivity contribution in [1.29, 1.82) is 0 Å². The Hall–Kier alpha value is -1.67. The lowest BCUT2D eigenvalue weighted by atomic mass is 10.1. The van der Waals surface area contributed by atoms with Crippen LogP contribution in [0.5, 0.6) is 0 Å². The summed E-state index contributed by atoms with van der Waals surface area (Å²) in [6.45, 7) is 1.27. The van der Waals surface area contributed by atoms with E-state index < -0.39 is 10.0 Å². The predicted octanol–water partition coefficient (Wildman–Crippen LogP) is 1.09. The largest absolute Gasteiger partial charge is 0.338 e. The number of carbonyl (C=O) groups is 1. The molecular formula is C15H22FN3O3S. The summed E-state index contributed by atoms with van der Waals surface area (Å²) >= 11 is 0. The van der Waals surface area contributed by atoms with Crippen molar-refractivity contribution in [2.75, 3.05) is 25.9 Å². The zero-order chi connectivity index (χ0) is 16.9. The van der Waals surface area contributed by atoms with Gasteiger partial charge in [-0.2, -0.15) is 0 Å². The van der Waals surface area contributed by atoms with Gasteiger partial charge in [-0.3, -0.25) is 0 Å². The summed E-state index contributed by atoms with van der Waals surface area (Å²) in [7, 11) is -3.28. The zero-order valence-electron chi connectivity index (χ0n) is 13.1. The molecule has 1 saturated heterocycles. The van der Waals surface area contributed by atoms with Gasteiger partial charge < -0.3 is 10.2 Å². The molecule has 2 amide bonds. The molecule has 1 aliphatic heterocycles. The minimum atomic E-state index is -3.28. The summed E-state index contributed by atoms with van der Waals surface area (Å²) in [5.41, 5.74) is 0.558. The summed E-state index contributed by atoms with van der Waals surface area (Å²) in [6.07, 6.45) is 2.98. The van der Waals surface area contributed by atoms with Crippen LogP contribution in [-0.2, 0) is 16.4 Å². The normalized spacial score (nSPS) is 18.7. The monoisotopic (exact) mass is 343 g/mol. The molecule has 1 atom stereocenters. The number of likely N-dealkylation sites (tertiary alicyclic amines) is 1. The summed E-state index contributed by atoms with van der Waals surface area (Å²) in [4.78, 5) is 13.7. The number of rotatable bonds is 5. The third kappa shape index (κ3) is 5.80. The fourth-order valence-corrected chi connectivity index (χ4v) is 3.48. The lowest BCUT2D eigenvalue weighted by Crippen LogP contribution is -2.52. The van der Waals surface area contributed by atoms with Crippen molar-refractivity contribution in [3.05, 3.63) is 35.6 Å². The molecule has 2 rings (SSSR count). The molecule has 0 aromatic heterocycles. The number of nitrogens with zero attached hydrogens (tertiary/aromatic N) is 1. The standard InChI is InChI=1S/C15H22FN3O3S/c1-23(21,22)18-13-6-4-10-19(11-13)15(20)17-9-8-12-5-2-3-7-14(12)16/h2-3,5,7,13,18H,4,6,8-11H2,1H3,(H,17,20). The van der Waals surface area contributed by atoms with Gasteiger partial charge in [0.1, 0.15) is 5.82 Å². The van der Waals surface area contributed by atoms with Crippen LogP contribution in [-0.4, -0.2) is 51.3 Å². The zero-order valence-corrected chi connectivity index (χ0v) is 13.9. The molecule has 1 unspecified atom stereocenters. The van der Waals surface area contributed by atoms with Gasteiger partial charge in [-0.15, -0.1) is 0 Å². The number of benzene rings is 1. The minimum Gasteiger partial charge on any atom is -0.338 e. The third-order valence-corrected chi connectivity index (χ3v) is 4.48. The van der Waals surface area contributed by atoms with E-state index in [1.165, 1.54) is 6.07 Å². The SMILES string of the molecule is CS(=O)(=O)NC1CCCN(C(=O)NCCc2ccccc2F)C1. The van der Waals surface area contributed by atoms with E-state index in [0.29, 0.717) is 38.0 Å². The highest BCUT2D eigenvalue weighted by Gasteiger charge is 2.25. The molecular weight excluding hydrogens is 321 g/mol. The molecule has 128 valence electrons. The number of piperidine rings is 1. The van der Waals surface area contributed by atoms with E-state index in [1.54, 1.807) is 23.1 Å². The van der Waals surface area contributed by atoms with E-state index in [4.69, 9.17) is 0 Å². The molecule has 1 heterocycles. The topological polar surface area (TPSA) is 78.5 Å². The highest BCUT2D eigenvalue weighted by molar-refractivity contribution is 7.88. The molecule has 0 radical (unpaired) electrons. The number of amides is 2. The molecule has 0 spiro atoms. The van der Waals surface area contributed by atoms with Crippen molar-refractivity contribution in [3.63, 3.8) is 0 Å². The van der Waals surface area contributed by atoms with Crippen molar-refractivity contribution >= 4 is 16.1 Å². The van der Waals surface area contributed by atoms with Crippen LogP contribution in [0, 0.1) is 5.82 Å². The maximum atomic E-state index is 13.5. The molecule has 6 nitrogen and oxygen atoms in total. The van der Waals surface area contributed by atoms with E-state index >= 15 is 0 Å². The molecule has 8 heteroatoms. The second-order valence-electron chi connectivity index (χ2n) is 5.75. The van der Waals surface area contributed by atoms with Gasteiger partial charge in [0.05, 0.1) is 6.26 Å². The number of hydrogen-bond acceptors (Lipinski definition) is 3. The quantitative estimate of drug-likeness (QED) is 0.840. The second-order valence-corrected chi connectivity index (χ2v) is 7.53. The Kier molecular flexibility index (Phi) is 5.95. The van der Waals surface area contributed by atoms with E-state index in [2.05, 4.69) is 10.0 Å². The molecule has 1 aromatic carbocycles. The van der Waals surface area contributed by atoms with E-state index in [-0.39, 0.29) is 17.9 Å². The van der Waals surface area contributed by atoms with Gasteiger partial charge in [-0.1, -0.05) is 18.2 Å². The van der Waals surface area contributed by atoms with Crippen molar-refractivity contribution in [2.45, 2.75) is 25.3 Å². The van der Waals surface area contributed by atoms with Gasteiger partial charge in [0, 0.05) is 25.7 Å². The Balaban J connectivity index is 1.80. The Morgan fingerprint density at radius 3 is 2.83 bits per heavy atom. The lowest BCUT2D eigenvalue weighted by Gasteiger charge is -2.32. The van der Waals surface area contributed by atoms with Gasteiger partial charge in [0.2, 0.25) is 10.0 Å². The predicted molar refractivity (Wildman–Crippen MR) is 86.1 cm³/mol. The number of nitrogens with one attached hydrogen (secondary N) is 2. The average Bonchev–Trinajstić information content (AvgIpc) is 2.47. The maximum absolute atomic E-state index is 13.5. The summed E-state index contributed by atoms with van der Waals surface area (Å²) in [5, 5.41) is 2.75. The smallest absolute Gasteiger partial charge is 0.317 e. The second kappa shape index (κ2) is 7.74. The van der Waals surface area contributed by atoms with Crippen molar-refractivity contribution in [1.82, 2.24) is 14.9 Å². The van der Waals surface area contributed by atoms with Crippen LogP contribution in [0.15, 0.2) is 24.3 Å². The summed E-state index contributed by atoms with van der Waals surface area (Å²) in [6, 6.07) is 5.96. The van der Waals surface area contributed by atoms with Gasteiger partial charge in [-0.05, 0) is 30.9 Å². The first kappa shape index (κ1) is 17.7. The van der Waals surface area contributed by atoms with Crippen LogP contribution in [0.25, 0.3) is 0 Å². The Labute approximate surface area is 136 Å². The molecule has 1 fully saturated rings. The van der Waals surface area contributed by atoms with Gasteiger partial charge in [0.15, 0.2) is 0 Å². The van der Waals surface area contributed by atoms with Crippen LogP contribution in [0.4, 0.5) is 9.18 Å². The first-order valence-electron chi connectivity index (χ1n) is 7.58. The number of urea groups is 1. The van der Waals surface area contributed by atoms with Gasteiger partial charge >= 0.3 is 6.03 Å². The number of carbonyl (C=O) groups excluding carboxylic acids is 1. The third-order valence-electron chi connectivity index (χ3n) is 3.72. The Bertz CT molecular complexity index is 651. The van der Waals surface area contributed by atoms with Crippen LogP contribution >= 0.6 is 0 Å². The summed E-state index contributed by atoms with van der Waals surface area (Å²) < 4.78 is 38.6. The molecule has 0 bridgehead atoms. The summed E-state index contributed by atoms with van der Waals surface area (Å²) in [5.74, 6) is -0.280. The van der Waals surface area contributed by atoms with Crippen LogP contribution < -0.4 is 10.0 Å².